The molecule has 2 amide bonds. The number of hydrogen-bond acceptors (Lipinski definition) is 4. The Balaban J connectivity index is 1.53. The summed E-state index contributed by atoms with van der Waals surface area (Å²) in [5.41, 5.74) is 1.08. The molecule has 7 nitrogen and oxygen atoms in total. The van der Waals surface area contributed by atoms with Crippen LogP contribution in [0.4, 0.5) is 0 Å². The molecule has 0 spiro atoms. The van der Waals surface area contributed by atoms with Crippen LogP contribution in [-0.2, 0) is 18.3 Å². The van der Waals surface area contributed by atoms with Crippen molar-refractivity contribution >= 4 is 23.4 Å². The normalized spacial score (nSPS) is 20.6. The van der Waals surface area contributed by atoms with E-state index in [1.807, 2.05) is 41.1 Å². The van der Waals surface area contributed by atoms with E-state index in [0.29, 0.717) is 48.5 Å². The van der Waals surface area contributed by atoms with Gasteiger partial charge in [-0.05, 0) is 68.7 Å². The fraction of sp³-hybridized carbons (Fsp3) is 0.607. The van der Waals surface area contributed by atoms with Crippen LogP contribution >= 0.6 is 11.6 Å². The van der Waals surface area contributed by atoms with Gasteiger partial charge in [-0.25, -0.2) is 0 Å². The number of carbonyl (C=O) groups is 2. The van der Waals surface area contributed by atoms with Gasteiger partial charge in [-0.3, -0.25) is 14.3 Å². The van der Waals surface area contributed by atoms with Gasteiger partial charge in [0.05, 0.1) is 12.3 Å². The molecule has 8 heteroatoms. The van der Waals surface area contributed by atoms with Gasteiger partial charge in [0.15, 0.2) is 0 Å². The number of ether oxygens (including phenoxy) is 1. The number of rotatable bonds is 8. The lowest BCUT2D eigenvalue weighted by atomic mass is 9.77. The van der Waals surface area contributed by atoms with Crippen molar-refractivity contribution in [1.82, 2.24) is 19.6 Å². The molecule has 2 aliphatic heterocycles. The highest BCUT2D eigenvalue weighted by atomic mass is 35.5. The van der Waals surface area contributed by atoms with E-state index < -0.39 is 5.41 Å². The van der Waals surface area contributed by atoms with Crippen LogP contribution in [0.2, 0.25) is 5.02 Å². The van der Waals surface area contributed by atoms with Gasteiger partial charge in [-0.1, -0.05) is 31.5 Å². The Kier molecular flexibility index (Phi) is 8.60. The van der Waals surface area contributed by atoms with Crippen LogP contribution in [0, 0.1) is 11.3 Å². The van der Waals surface area contributed by atoms with E-state index in [-0.39, 0.29) is 11.8 Å². The lowest BCUT2D eigenvalue weighted by Crippen LogP contribution is -2.51. The van der Waals surface area contributed by atoms with Crippen molar-refractivity contribution < 1.29 is 14.3 Å². The second-order valence-electron chi connectivity index (χ2n) is 10.9. The smallest absolute Gasteiger partial charge is 0.272 e. The molecule has 2 saturated heterocycles. The van der Waals surface area contributed by atoms with Crippen molar-refractivity contribution in [3.63, 3.8) is 0 Å². The number of amides is 2. The quantitative estimate of drug-likeness (QED) is 0.498. The molecular weight excluding hydrogens is 476 g/mol. The molecule has 3 heterocycles. The first-order chi connectivity index (χ1) is 17.2. The summed E-state index contributed by atoms with van der Waals surface area (Å²) in [6.07, 6.45) is 6.17. The summed E-state index contributed by atoms with van der Waals surface area (Å²) in [7, 11) is 1.83. The molecule has 196 valence electrons. The van der Waals surface area contributed by atoms with E-state index in [2.05, 4.69) is 18.9 Å². The van der Waals surface area contributed by atoms with Crippen LogP contribution in [-0.4, -0.2) is 64.2 Å². The number of nitrogens with zero attached hydrogens (tertiary/aromatic N) is 4. The van der Waals surface area contributed by atoms with Crippen molar-refractivity contribution in [2.24, 2.45) is 18.4 Å². The third kappa shape index (κ3) is 6.61. The average Bonchev–Trinajstić information content (AvgIpc) is 3.22. The first-order valence-electron chi connectivity index (χ1n) is 13.2. The molecular formula is C28H39ClN4O3. The number of piperidine rings is 2. The molecule has 1 aromatic carbocycles. The lowest BCUT2D eigenvalue weighted by molar-refractivity contribution is -0.136. The maximum Gasteiger partial charge on any atom is 0.272 e. The molecule has 2 aliphatic rings. The average molecular weight is 515 g/mol. The minimum absolute atomic E-state index is 0.0303. The fourth-order valence-electron chi connectivity index (χ4n) is 5.47. The topological polar surface area (TPSA) is 67.7 Å². The van der Waals surface area contributed by atoms with Crippen LogP contribution in [0.1, 0.15) is 68.6 Å². The molecule has 0 bridgehead atoms. The second kappa shape index (κ2) is 11.7. The van der Waals surface area contributed by atoms with Crippen LogP contribution in [0.25, 0.3) is 0 Å². The Hall–Kier alpha value is -2.54. The number of benzene rings is 1. The summed E-state index contributed by atoms with van der Waals surface area (Å²) in [6, 6.07) is 9.26. The molecule has 0 N–H and O–H groups in total. The van der Waals surface area contributed by atoms with E-state index in [1.54, 1.807) is 10.7 Å². The standard InChI is InChI=1S/C28H39ClN4O3/c1-21(2)15-23-17-25(31(3)30-23)27(35)33-14-8-11-28(19-33,18-26(34)32-12-5-4-6-13-32)20-36-24-10-7-9-22(29)16-24/h7,9-10,16-17,21H,4-6,8,11-15,18-20H2,1-3H3/t28-/m1/s1. The first-order valence-corrected chi connectivity index (χ1v) is 13.6. The SMILES string of the molecule is CC(C)Cc1cc(C(=O)N2CCC[C@@](COc3cccc(Cl)c3)(CC(=O)N3CCCCC3)C2)n(C)n1. The van der Waals surface area contributed by atoms with Gasteiger partial charge < -0.3 is 14.5 Å². The van der Waals surface area contributed by atoms with Crippen molar-refractivity contribution in [1.29, 1.82) is 0 Å². The molecule has 0 radical (unpaired) electrons. The number of aromatic nitrogens is 2. The maximum absolute atomic E-state index is 13.6. The molecule has 4 rings (SSSR count). The molecule has 0 saturated carbocycles. The first kappa shape index (κ1) is 26.5. The molecule has 0 unspecified atom stereocenters. The fourth-order valence-corrected chi connectivity index (χ4v) is 5.65. The van der Waals surface area contributed by atoms with Gasteiger partial charge in [0, 0.05) is 50.1 Å². The van der Waals surface area contributed by atoms with Crippen molar-refractivity contribution in [2.45, 2.75) is 58.8 Å². The van der Waals surface area contributed by atoms with Gasteiger partial charge >= 0.3 is 0 Å². The third-order valence-corrected chi connectivity index (χ3v) is 7.53. The highest BCUT2D eigenvalue weighted by Gasteiger charge is 2.41. The zero-order valence-corrected chi connectivity index (χ0v) is 22.6. The van der Waals surface area contributed by atoms with Crippen LogP contribution < -0.4 is 4.74 Å². The second-order valence-corrected chi connectivity index (χ2v) is 11.4. The molecule has 2 fully saturated rings. The van der Waals surface area contributed by atoms with E-state index in [0.717, 1.165) is 50.9 Å². The van der Waals surface area contributed by atoms with E-state index in [1.165, 1.54) is 6.42 Å². The van der Waals surface area contributed by atoms with Crippen molar-refractivity contribution in [2.75, 3.05) is 32.8 Å². The highest BCUT2D eigenvalue weighted by molar-refractivity contribution is 6.30. The third-order valence-electron chi connectivity index (χ3n) is 7.29. The maximum atomic E-state index is 13.6. The highest BCUT2D eigenvalue weighted by Crippen LogP contribution is 2.36. The van der Waals surface area contributed by atoms with Crippen LogP contribution in [0.5, 0.6) is 5.75 Å². The summed E-state index contributed by atoms with van der Waals surface area (Å²) in [5.74, 6) is 1.28. The Bertz CT molecular complexity index is 1060. The number of likely N-dealkylation sites (tertiary alicyclic amines) is 2. The summed E-state index contributed by atoms with van der Waals surface area (Å²) in [4.78, 5) is 30.9. The zero-order chi connectivity index (χ0) is 25.7. The predicted molar refractivity (Wildman–Crippen MR) is 141 cm³/mol. The Labute approximate surface area is 219 Å². The molecule has 2 aromatic rings. The predicted octanol–water partition coefficient (Wildman–Crippen LogP) is 4.98. The number of aryl methyl sites for hydroxylation is 1. The van der Waals surface area contributed by atoms with Gasteiger partial charge in [0.25, 0.3) is 5.91 Å². The summed E-state index contributed by atoms with van der Waals surface area (Å²) < 4.78 is 7.90. The number of carbonyl (C=O) groups excluding carboxylic acids is 2. The number of halogens is 1. The summed E-state index contributed by atoms with van der Waals surface area (Å²) in [5, 5.41) is 5.18. The van der Waals surface area contributed by atoms with Gasteiger partial charge in [0.2, 0.25) is 5.91 Å². The van der Waals surface area contributed by atoms with Crippen LogP contribution in [0.3, 0.4) is 0 Å². The monoisotopic (exact) mass is 514 g/mol. The van der Waals surface area contributed by atoms with Gasteiger partial charge in [-0.15, -0.1) is 0 Å². The van der Waals surface area contributed by atoms with Crippen molar-refractivity contribution in [3.05, 3.63) is 46.7 Å². The van der Waals surface area contributed by atoms with E-state index in [9.17, 15) is 9.59 Å². The molecule has 1 atom stereocenters. The lowest BCUT2D eigenvalue weighted by Gasteiger charge is -2.43. The van der Waals surface area contributed by atoms with Crippen LogP contribution in [0.15, 0.2) is 30.3 Å². The Morgan fingerprint density at radius 1 is 1.08 bits per heavy atom. The number of hydrogen-bond donors (Lipinski definition) is 0. The summed E-state index contributed by atoms with van der Waals surface area (Å²) in [6.45, 7) is 7.45. The minimum atomic E-state index is -0.454. The Morgan fingerprint density at radius 3 is 2.56 bits per heavy atom. The van der Waals surface area contributed by atoms with Crippen molar-refractivity contribution in [3.8, 4) is 5.75 Å². The molecule has 0 aliphatic carbocycles. The zero-order valence-electron chi connectivity index (χ0n) is 21.8. The van der Waals surface area contributed by atoms with E-state index >= 15 is 0 Å². The Morgan fingerprint density at radius 2 is 1.83 bits per heavy atom. The summed E-state index contributed by atoms with van der Waals surface area (Å²) >= 11 is 6.17. The van der Waals surface area contributed by atoms with Gasteiger partial charge in [-0.2, -0.15) is 5.10 Å². The minimum Gasteiger partial charge on any atom is -0.493 e. The molecule has 36 heavy (non-hydrogen) atoms. The van der Waals surface area contributed by atoms with E-state index in [4.69, 9.17) is 16.3 Å². The molecule has 1 aromatic heterocycles. The largest absolute Gasteiger partial charge is 0.493 e. The van der Waals surface area contributed by atoms with Gasteiger partial charge in [0.1, 0.15) is 11.4 Å².